The number of carbonyl (C=O) groups is 2. The SMILES string of the molecule is COc1ccc(C(=O)N2C[C@@H](C)N(C(=O)c3ccc(OC)cc3F)[C@@H](C)C2)c(F)c1. The monoisotopic (exact) mass is 418 g/mol. The average Bonchev–Trinajstić information content (AvgIpc) is 2.72. The fourth-order valence-electron chi connectivity index (χ4n) is 3.79. The summed E-state index contributed by atoms with van der Waals surface area (Å²) in [7, 11) is 2.84. The van der Waals surface area contributed by atoms with Crippen LogP contribution in [0.3, 0.4) is 0 Å². The van der Waals surface area contributed by atoms with Gasteiger partial charge in [0.1, 0.15) is 23.1 Å². The van der Waals surface area contributed by atoms with Crippen molar-refractivity contribution in [1.29, 1.82) is 0 Å². The molecular weight excluding hydrogens is 394 g/mol. The van der Waals surface area contributed by atoms with Gasteiger partial charge in [-0.1, -0.05) is 0 Å². The molecule has 160 valence electrons. The smallest absolute Gasteiger partial charge is 0.257 e. The number of rotatable bonds is 4. The first-order valence-electron chi connectivity index (χ1n) is 9.55. The molecule has 0 unspecified atom stereocenters. The number of amides is 2. The minimum atomic E-state index is -0.669. The van der Waals surface area contributed by atoms with Crippen LogP contribution in [0.4, 0.5) is 8.78 Å². The Hall–Kier alpha value is -3.16. The van der Waals surface area contributed by atoms with Crippen LogP contribution in [0.1, 0.15) is 34.6 Å². The number of methoxy groups -OCH3 is 2. The Kier molecular flexibility index (Phi) is 6.24. The summed E-state index contributed by atoms with van der Waals surface area (Å²) in [6.07, 6.45) is 0. The second-order valence-electron chi connectivity index (χ2n) is 7.31. The molecular formula is C22H24F2N2O4. The molecule has 8 heteroatoms. The predicted molar refractivity (Wildman–Crippen MR) is 107 cm³/mol. The van der Waals surface area contributed by atoms with E-state index in [-0.39, 0.29) is 36.3 Å². The highest BCUT2D eigenvalue weighted by molar-refractivity contribution is 5.96. The summed E-state index contributed by atoms with van der Waals surface area (Å²) < 4.78 is 38.7. The summed E-state index contributed by atoms with van der Waals surface area (Å²) >= 11 is 0. The molecule has 2 amide bonds. The van der Waals surface area contributed by atoms with Crippen LogP contribution >= 0.6 is 0 Å². The van der Waals surface area contributed by atoms with Crippen molar-refractivity contribution in [2.45, 2.75) is 25.9 Å². The maximum absolute atomic E-state index is 14.4. The third-order valence-electron chi connectivity index (χ3n) is 5.25. The number of benzene rings is 2. The number of halogens is 2. The van der Waals surface area contributed by atoms with Gasteiger partial charge in [-0.05, 0) is 38.1 Å². The van der Waals surface area contributed by atoms with Gasteiger partial charge in [-0.25, -0.2) is 8.78 Å². The minimum absolute atomic E-state index is 0.0591. The van der Waals surface area contributed by atoms with Crippen LogP contribution < -0.4 is 9.47 Å². The van der Waals surface area contributed by atoms with Gasteiger partial charge in [0, 0.05) is 37.3 Å². The first-order valence-corrected chi connectivity index (χ1v) is 9.55. The highest BCUT2D eigenvalue weighted by atomic mass is 19.1. The Balaban J connectivity index is 1.78. The molecule has 1 fully saturated rings. The van der Waals surface area contributed by atoms with Crippen molar-refractivity contribution in [1.82, 2.24) is 9.80 Å². The molecule has 0 radical (unpaired) electrons. The molecule has 1 heterocycles. The van der Waals surface area contributed by atoms with E-state index in [9.17, 15) is 18.4 Å². The van der Waals surface area contributed by atoms with Crippen molar-refractivity contribution in [2.24, 2.45) is 0 Å². The third-order valence-corrected chi connectivity index (χ3v) is 5.25. The molecule has 0 spiro atoms. The summed E-state index contributed by atoms with van der Waals surface area (Å²) in [5.74, 6) is -1.62. The van der Waals surface area contributed by atoms with Crippen molar-refractivity contribution in [3.63, 3.8) is 0 Å². The van der Waals surface area contributed by atoms with Crippen LogP contribution in [0, 0.1) is 11.6 Å². The van der Waals surface area contributed by atoms with Gasteiger partial charge in [0.05, 0.1) is 25.3 Å². The number of piperazine rings is 1. The van der Waals surface area contributed by atoms with Crippen molar-refractivity contribution in [2.75, 3.05) is 27.3 Å². The van der Waals surface area contributed by atoms with Crippen LogP contribution in [0.15, 0.2) is 36.4 Å². The van der Waals surface area contributed by atoms with Crippen LogP contribution in [0.5, 0.6) is 11.5 Å². The number of hydrogen-bond donors (Lipinski definition) is 0. The van der Waals surface area contributed by atoms with Crippen LogP contribution in [-0.4, -0.2) is 61.0 Å². The molecule has 2 aromatic carbocycles. The third kappa shape index (κ3) is 4.08. The lowest BCUT2D eigenvalue weighted by Crippen LogP contribution is -2.60. The molecule has 6 nitrogen and oxygen atoms in total. The van der Waals surface area contributed by atoms with Crippen LogP contribution in [0.2, 0.25) is 0 Å². The molecule has 1 aliphatic heterocycles. The molecule has 0 aliphatic carbocycles. The van der Waals surface area contributed by atoms with E-state index in [0.29, 0.717) is 11.5 Å². The molecule has 0 aromatic heterocycles. The van der Waals surface area contributed by atoms with E-state index in [1.165, 1.54) is 43.4 Å². The summed E-state index contributed by atoms with van der Waals surface area (Å²) in [5.41, 5.74) is -0.119. The first-order chi connectivity index (χ1) is 14.3. The number of carbonyl (C=O) groups excluding carboxylic acids is 2. The fraction of sp³-hybridized carbons (Fsp3) is 0.364. The molecule has 0 saturated carbocycles. The first kappa shape index (κ1) is 21.5. The van der Waals surface area contributed by atoms with Gasteiger partial charge >= 0.3 is 0 Å². The van der Waals surface area contributed by atoms with E-state index in [1.54, 1.807) is 18.7 Å². The summed E-state index contributed by atoms with van der Waals surface area (Å²) in [4.78, 5) is 28.9. The van der Waals surface area contributed by atoms with E-state index >= 15 is 0 Å². The van der Waals surface area contributed by atoms with E-state index in [4.69, 9.17) is 9.47 Å². The van der Waals surface area contributed by atoms with Gasteiger partial charge in [-0.2, -0.15) is 0 Å². The lowest BCUT2D eigenvalue weighted by atomic mass is 10.0. The second-order valence-corrected chi connectivity index (χ2v) is 7.31. The van der Waals surface area contributed by atoms with Crippen molar-refractivity contribution in [3.05, 3.63) is 59.2 Å². The lowest BCUT2D eigenvalue weighted by molar-refractivity contribution is 0.0249. The van der Waals surface area contributed by atoms with Gasteiger partial charge < -0.3 is 19.3 Å². The molecule has 3 rings (SSSR count). The standard InChI is InChI=1S/C22H24F2N2O4/c1-13-11-25(21(27)17-7-5-15(29-3)9-19(17)23)12-14(2)26(13)22(28)18-8-6-16(30-4)10-20(18)24/h5-10,13-14H,11-12H2,1-4H3/t13-,14+. The number of ether oxygens (including phenoxy) is 2. The molecule has 2 atom stereocenters. The molecule has 1 aliphatic rings. The Morgan fingerprint density at radius 1 is 0.833 bits per heavy atom. The maximum Gasteiger partial charge on any atom is 0.257 e. The number of nitrogens with zero attached hydrogens (tertiary/aromatic N) is 2. The zero-order valence-corrected chi connectivity index (χ0v) is 17.3. The Morgan fingerprint density at radius 3 is 1.67 bits per heavy atom. The maximum atomic E-state index is 14.4. The predicted octanol–water partition coefficient (Wildman–Crippen LogP) is 3.36. The molecule has 2 aromatic rings. The van der Waals surface area contributed by atoms with Crippen LogP contribution in [0.25, 0.3) is 0 Å². The average molecular weight is 418 g/mol. The topological polar surface area (TPSA) is 59.1 Å². The number of hydrogen-bond acceptors (Lipinski definition) is 4. The van der Waals surface area contributed by atoms with Gasteiger partial charge in [0.25, 0.3) is 11.8 Å². The molecule has 0 N–H and O–H groups in total. The van der Waals surface area contributed by atoms with Gasteiger partial charge in [0.15, 0.2) is 0 Å². The zero-order chi connectivity index (χ0) is 22.0. The van der Waals surface area contributed by atoms with E-state index in [0.717, 1.165) is 12.1 Å². The summed E-state index contributed by atoms with van der Waals surface area (Å²) in [6.45, 7) is 3.97. The molecule has 1 saturated heterocycles. The van der Waals surface area contributed by atoms with Gasteiger partial charge in [-0.15, -0.1) is 0 Å². The zero-order valence-electron chi connectivity index (χ0n) is 17.3. The Morgan fingerprint density at radius 2 is 1.27 bits per heavy atom. The fourth-order valence-corrected chi connectivity index (χ4v) is 3.79. The highest BCUT2D eigenvalue weighted by Crippen LogP contribution is 2.25. The van der Waals surface area contributed by atoms with Crippen molar-refractivity contribution in [3.8, 4) is 11.5 Å². The van der Waals surface area contributed by atoms with E-state index in [2.05, 4.69) is 0 Å². The van der Waals surface area contributed by atoms with Gasteiger partial charge in [0.2, 0.25) is 0 Å². The molecule has 0 bridgehead atoms. The van der Waals surface area contributed by atoms with E-state index < -0.39 is 23.4 Å². The van der Waals surface area contributed by atoms with Crippen molar-refractivity contribution >= 4 is 11.8 Å². The Bertz CT molecular complexity index is 954. The highest BCUT2D eigenvalue weighted by Gasteiger charge is 2.36. The Labute approximate surface area is 174 Å². The second kappa shape index (κ2) is 8.69. The van der Waals surface area contributed by atoms with Crippen LogP contribution in [-0.2, 0) is 0 Å². The lowest BCUT2D eigenvalue weighted by Gasteiger charge is -2.44. The minimum Gasteiger partial charge on any atom is -0.497 e. The van der Waals surface area contributed by atoms with Gasteiger partial charge in [-0.3, -0.25) is 9.59 Å². The largest absolute Gasteiger partial charge is 0.497 e. The summed E-state index contributed by atoms with van der Waals surface area (Å²) in [6, 6.07) is 7.38. The quantitative estimate of drug-likeness (QED) is 0.764. The normalized spacial score (nSPS) is 18.9. The van der Waals surface area contributed by atoms with Crippen molar-refractivity contribution < 1.29 is 27.8 Å². The van der Waals surface area contributed by atoms with E-state index in [1.807, 2.05) is 0 Å². The molecule has 30 heavy (non-hydrogen) atoms. The summed E-state index contributed by atoms with van der Waals surface area (Å²) in [5, 5.41) is 0.